The summed E-state index contributed by atoms with van der Waals surface area (Å²) in [5, 5.41) is 5.54. The van der Waals surface area contributed by atoms with Crippen molar-refractivity contribution < 1.29 is 14.3 Å². The van der Waals surface area contributed by atoms with Crippen LogP contribution in [0.3, 0.4) is 0 Å². The number of amides is 2. The van der Waals surface area contributed by atoms with Crippen molar-refractivity contribution >= 4 is 23.5 Å². The van der Waals surface area contributed by atoms with E-state index in [0.29, 0.717) is 23.8 Å². The van der Waals surface area contributed by atoms with E-state index in [4.69, 9.17) is 4.98 Å². The van der Waals surface area contributed by atoms with E-state index >= 15 is 0 Å². The zero-order valence-corrected chi connectivity index (χ0v) is 16.4. The molecular weight excluding hydrogens is 360 g/mol. The lowest BCUT2D eigenvalue weighted by molar-refractivity contribution is -0.117. The Labute approximate surface area is 163 Å². The smallest absolute Gasteiger partial charge is 0.407 e. The van der Waals surface area contributed by atoms with Gasteiger partial charge in [0.05, 0.1) is 13.3 Å². The summed E-state index contributed by atoms with van der Waals surface area (Å²) in [5.74, 6) is 1.14. The highest BCUT2D eigenvalue weighted by Gasteiger charge is 2.35. The number of alkyl carbamates (subject to hydrolysis) is 1. The van der Waals surface area contributed by atoms with Crippen molar-refractivity contribution in [2.45, 2.75) is 45.8 Å². The van der Waals surface area contributed by atoms with E-state index in [1.165, 1.54) is 7.11 Å². The third-order valence-electron chi connectivity index (χ3n) is 4.61. The molecule has 0 radical (unpaired) electrons. The lowest BCUT2D eigenvalue weighted by Crippen LogP contribution is -2.51. The molecule has 0 saturated carbocycles. The van der Waals surface area contributed by atoms with Crippen LogP contribution in [0.4, 0.5) is 16.3 Å². The first-order valence-corrected chi connectivity index (χ1v) is 9.17. The second-order valence-corrected chi connectivity index (χ2v) is 6.72. The summed E-state index contributed by atoms with van der Waals surface area (Å²) in [7, 11) is 1.31. The molecule has 3 rings (SSSR count). The fourth-order valence-electron chi connectivity index (χ4n) is 3.29. The predicted molar refractivity (Wildman–Crippen MR) is 105 cm³/mol. The van der Waals surface area contributed by atoms with Crippen LogP contribution < -0.4 is 15.5 Å². The molecule has 148 valence electrons. The van der Waals surface area contributed by atoms with E-state index in [-0.39, 0.29) is 24.5 Å². The van der Waals surface area contributed by atoms with Crippen LogP contribution in [-0.2, 0) is 16.1 Å². The van der Waals surface area contributed by atoms with Crippen molar-refractivity contribution in [3.63, 3.8) is 0 Å². The molecule has 0 saturated heterocycles. The Morgan fingerprint density at radius 2 is 2.18 bits per heavy atom. The summed E-state index contributed by atoms with van der Waals surface area (Å²) in [4.78, 5) is 39.2. The molecule has 2 amide bonds. The Kier molecular flexibility index (Phi) is 5.72. The van der Waals surface area contributed by atoms with E-state index < -0.39 is 6.09 Å². The van der Waals surface area contributed by atoms with Crippen LogP contribution in [0.5, 0.6) is 0 Å². The second-order valence-electron chi connectivity index (χ2n) is 6.72. The highest BCUT2D eigenvalue weighted by molar-refractivity contribution is 6.02. The van der Waals surface area contributed by atoms with Crippen molar-refractivity contribution in [2.75, 3.05) is 17.3 Å². The maximum Gasteiger partial charge on any atom is 0.407 e. The van der Waals surface area contributed by atoms with Crippen molar-refractivity contribution in [1.29, 1.82) is 0 Å². The highest BCUT2D eigenvalue weighted by Crippen LogP contribution is 2.34. The Hall–Kier alpha value is -3.23. The number of carbonyl (C=O) groups excluding carboxylic acids is 2. The molecule has 1 aliphatic rings. The first kappa shape index (κ1) is 19.5. The molecule has 2 N–H and O–H groups in total. The number of anilines is 2. The minimum absolute atomic E-state index is 0.0491. The number of hydrogen-bond donors (Lipinski definition) is 2. The van der Waals surface area contributed by atoms with Crippen LogP contribution in [0.15, 0.2) is 24.7 Å². The SMILES string of the molecule is CCC1C(=O)Nc2cnc(-c3ccncc3CNC(=O)OC)nc2N1C(C)C. The number of pyridine rings is 1. The number of hydrogen-bond acceptors (Lipinski definition) is 7. The number of methoxy groups -OCH3 is 1. The number of nitrogens with zero attached hydrogens (tertiary/aromatic N) is 4. The zero-order valence-electron chi connectivity index (χ0n) is 16.4. The number of nitrogens with one attached hydrogen (secondary N) is 2. The number of fused-ring (bicyclic) bond motifs is 1. The quantitative estimate of drug-likeness (QED) is 0.814. The third kappa shape index (κ3) is 3.73. The predicted octanol–water partition coefficient (Wildman–Crippen LogP) is 2.34. The second kappa shape index (κ2) is 8.20. The van der Waals surface area contributed by atoms with Gasteiger partial charge in [0.2, 0.25) is 5.91 Å². The highest BCUT2D eigenvalue weighted by atomic mass is 16.5. The van der Waals surface area contributed by atoms with Gasteiger partial charge in [0.1, 0.15) is 11.7 Å². The molecule has 0 bridgehead atoms. The Morgan fingerprint density at radius 1 is 1.39 bits per heavy atom. The molecule has 0 fully saturated rings. The molecule has 9 heteroatoms. The number of aromatic nitrogens is 3. The van der Waals surface area contributed by atoms with E-state index in [1.807, 2.05) is 25.7 Å². The molecule has 2 aromatic rings. The fraction of sp³-hybridized carbons (Fsp3) is 0.421. The first-order chi connectivity index (χ1) is 13.5. The van der Waals surface area contributed by atoms with Gasteiger partial charge in [-0.1, -0.05) is 6.92 Å². The normalized spacial score (nSPS) is 15.8. The van der Waals surface area contributed by atoms with Gasteiger partial charge < -0.3 is 20.3 Å². The molecule has 28 heavy (non-hydrogen) atoms. The molecule has 0 aliphatic carbocycles. The van der Waals surface area contributed by atoms with Crippen molar-refractivity contribution in [3.8, 4) is 11.4 Å². The average Bonchev–Trinajstić information content (AvgIpc) is 2.70. The van der Waals surface area contributed by atoms with Gasteiger partial charge >= 0.3 is 6.09 Å². The number of rotatable bonds is 5. The minimum atomic E-state index is -0.527. The molecule has 1 aliphatic heterocycles. The standard InChI is InChI=1S/C19H24N6O3/c1-5-15-18(26)23-14-10-21-16(24-17(14)25(15)11(2)3)13-6-7-20-8-12(13)9-22-19(27)28-4/h6-8,10-11,15H,5,9H2,1-4H3,(H,22,27)(H,23,26). The number of ether oxygens (including phenoxy) is 1. The Morgan fingerprint density at radius 3 is 2.86 bits per heavy atom. The fourth-order valence-corrected chi connectivity index (χ4v) is 3.29. The molecule has 1 atom stereocenters. The van der Waals surface area contributed by atoms with E-state index in [2.05, 4.69) is 25.3 Å². The maximum absolute atomic E-state index is 12.4. The third-order valence-corrected chi connectivity index (χ3v) is 4.61. The minimum Gasteiger partial charge on any atom is -0.453 e. The zero-order chi connectivity index (χ0) is 20.3. The molecule has 1 unspecified atom stereocenters. The topological polar surface area (TPSA) is 109 Å². The lowest BCUT2D eigenvalue weighted by Gasteiger charge is -2.39. The summed E-state index contributed by atoms with van der Waals surface area (Å²) in [6.07, 6.45) is 5.07. The van der Waals surface area contributed by atoms with Gasteiger partial charge in [-0.2, -0.15) is 0 Å². The Balaban J connectivity index is 2.02. The Bertz CT molecular complexity index is 886. The van der Waals surface area contributed by atoms with Crippen molar-refractivity contribution in [3.05, 3.63) is 30.2 Å². The first-order valence-electron chi connectivity index (χ1n) is 9.17. The van der Waals surface area contributed by atoms with Gasteiger partial charge in [-0.05, 0) is 26.3 Å². The lowest BCUT2D eigenvalue weighted by atomic mass is 10.1. The van der Waals surface area contributed by atoms with Crippen LogP contribution in [0.25, 0.3) is 11.4 Å². The van der Waals surface area contributed by atoms with Crippen LogP contribution in [0, 0.1) is 0 Å². The summed E-state index contributed by atoms with van der Waals surface area (Å²) >= 11 is 0. The van der Waals surface area contributed by atoms with E-state index in [9.17, 15) is 9.59 Å². The summed E-state index contributed by atoms with van der Waals surface area (Å²) in [6, 6.07) is 1.61. The van der Waals surface area contributed by atoms with Gasteiger partial charge in [0.25, 0.3) is 0 Å². The molecule has 9 nitrogen and oxygen atoms in total. The largest absolute Gasteiger partial charge is 0.453 e. The van der Waals surface area contributed by atoms with Crippen molar-refractivity contribution in [1.82, 2.24) is 20.3 Å². The number of carbonyl (C=O) groups is 2. The van der Waals surface area contributed by atoms with Crippen molar-refractivity contribution in [2.24, 2.45) is 0 Å². The van der Waals surface area contributed by atoms with Crippen LogP contribution in [0.2, 0.25) is 0 Å². The van der Waals surface area contributed by atoms with Gasteiger partial charge in [-0.15, -0.1) is 0 Å². The van der Waals surface area contributed by atoms with Gasteiger partial charge in [0, 0.05) is 36.1 Å². The molecule has 3 heterocycles. The summed E-state index contributed by atoms with van der Waals surface area (Å²) in [6.45, 7) is 6.28. The van der Waals surface area contributed by atoms with Gasteiger partial charge in [-0.25, -0.2) is 14.8 Å². The van der Waals surface area contributed by atoms with Crippen LogP contribution in [-0.4, -0.2) is 46.1 Å². The summed E-state index contributed by atoms with van der Waals surface area (Å²) in [5.41, 5.74) is 2.11. The van der Waals surface area contributed by atoms with Gasteiger partial charge in [-0.3, -0.25) is 9.78 Å². The monoisotopic (exact) mass is 384 g/mol. The van der Waals surface area contributed by atoms with E-state index in [0.717, 1.165) is 11.1 Å². The molecule has 2 aromatic heterocycles. The average molecular weight is 384 g/mol. The maximum atomic E-state index is 12.4. The van der Waals surface area contributed by atoms with Crippen LogP contribution in [0.1, 0.15) is 32.8 Å². The van der Waals surface area contributed by atoms with Gasteiger partial charge in [0.15, 0.2) is 11.6 Å². The molecular formula is C19H24N6O3. The molecule has 0 spiro atoms. The molecule has 0 aromatic carbocycles. The van der Waals surface area contributed by atoms with E-state index in [1.54, 1.807) is 24.7 Å². The van der Waals surface area contributed by atoms with Crippen LogP contribution >= 0.6 is 0 Å². The summed E-state index contributed by atoms with van der Waals surface area (Å²) < 4.78 is 4.62.